The summed E-state index contributed by atoms with van der Waals surface area (Å²) >= 11 is 0. The summed E-state index contributed by atoms with van der Waals surface area (Å²) in [4.78, 5) is 24.3. The molecule has 0 heterocycles. The van der Waals surface area contributed by atoms with Gasteiger partial charge in [-0.1, -0.05) is 25.8 Å². The van der Waals surface area contributed by atoms with Gasteiger partial charge in [0.25, 0.3) is 0 Å². The van der Waals surface area contributed by atoms with Gasteiger partial charge in [0.15, 0.2) is 0 Å². The van der Waals surface area contributed by atoms with Crippen LogP contribution in [0.2, 0.25) is 0 Å². The van der Waals surface area contributed by atoms with E-state index in [0.29, 0.717) is 19.5 Å². The lowest BCUT2D eigenvalue weighted by Crippen LogP contribution is -2.34. The molecule has 0 atom stereocenters. The van der Waals surface area contributed by atoms with Gasteiger partial charge in [-0.05, 0) is 6.42 Å². The molecule has 0 unspecified atom stereocenters. The van der Waals surface area contributed by atoms with Gasteiger partial charge < -0.3 is 10.2 Å². The van der Waals surface area contributed by atoms with Crippen LogP contribution in [0.25, 0.3) is 0 Å². The second-order valence-corrected chi connectivity index (χ2v) is 4.06. The Labute approximate surface area is 104 Å². The fraction of sp³-hybridized carbons (Fsp3) is 0.692. The van der Waals surface area contributed by atoms with Crippen molar-refractivity contribution in [3.05, 3.63) is 12.7 Å². The molecule has 0 spiro atoms. The number of unbranched alkanes of at least 4 members (excludes halogenated alkanes) is 2. The molecule has 0 aromatic heterocycles. The van der Waals surface area contributed by atoms with Crippen LogP contribution in [0.3, 0.4) is 0 Å². The van der Waals surface area contributed by atoms with E-state index in [4.69, 9.17) is 0 Å². The summed E-state index contributed by atoms with van der Waals surface area (Å²) in [5.74, 6) is -0.0138. The smallest absolute Gasteiger partial charge is 0.221 e. The third-order valence-corrected chi connectivity index (χ3v) is 2.51. The molecule has 0 radical (unpaired) electrons. The summed E-state index contributed by atoms with van der Waals surface area (Å²) in [5, 5.41) is 2.85. The van der Waals surface area contributed by atoms with Crippen molar-refractivity contribution in [2.45, 2.75) is 39.5 Å². The summed E-state index contributed by atoms with van der Waals surface area (Å²) < 4.78 is 0. The van der Waals surface area contributed by atoms with Crippen LogP contribution in [0.5, 0.6) is 0 Å². The molecule has 4 heteroatoms. The van der Waals surface area contributed by atoms with Crippen LogP contribution in [-0.4, -0.2) is 36.3 Å². The molecule has 0 aromatic rings. The van der Waals surface area contributed by atoms with Crippen LogP contribution in [-0.2, 0) is 9.59 Å². The Morgan fingerprint density at radius 2 is 2.06 bits per heavy atom. The van der Waals surface area contributed by atoms with Crippen molar-refractivity contribution < 1.29 is 9.59 Å². The monoisotopic (exact) mass is 240 g/mol. The summed E-state index contributed by atoms with van der Waals surface area (Å²) in [6, 6.07) is 0. The van der Waals surface area contributed by atoms with Crippen molar-refractivity contribution in [1.29, 1.82) is 0 Å². The molecular weight excluding hydrogens is 216 g/mol. The van der Waals surface area contributed by atoms with Crippen molar-refractivity contribution in [2.75, 3.05) is 19.6 Å². The highest BCUT2D eigenvalue weighted by atomic mass is 16.2. The van der Waals surface area contributed by atoms with Crippen LogP contribution in [0.1, 0.15) is 39.5 Å². The van der Waals surface area contributed by atoms with Gasteiger partial charge in [-0.15, -0.1) is 6.58 Å². The van der Waals surface area contributed by atoms with E-state index >= 15 is 0 Å². The molecule has 0 aliphatic rings. The third-order valence-electron chi connectivity index (χ3n) is 2.51. The molecule has 0 fully saturated rings. The maximum Gasteiger partial charge on any atom is 0.221 e. The summed E-state index contributed by atoms with van der Waals surface area (Å²) in [6.45, 7) is 8.90. The first kappa shape index (κ1) is 15.7. The molecule has 98 valence electrons. The van der Waals surface area contributed by atoms with Crippen LogP contribution in [0, 0.1) is 0 Å². The second-order valence-electron chi connectivity index (χ2n) is 4.06. The van der Waals surface area contributed by atoms with Crippen LogP contribution in [0.15, 0.2) is 12.7 Å². The molecule has 1 N–H and O–H groups in total. The number of nitrogens with zero attached hydrogens (tertiary/aromatic N) is 1. The van der Waals surface area contributed by atoms with Gasteiger partial charge in [-0.2, -0.15) is 0 Å². The predicted molar refractivity (Wildman–Crippen MR) is 69.6 cm³/mol. The van der Waals surface area contributed by atoms with Crippen LogP contribution < -0.4 is 5.32 Å². The average Bonchev–Trinajstić information content (AvgIpc) is 2.29. The van der Waals surface area contributed by atoms with Gasteiger partial charge in [0.05, 0.1) is 0 Å². The molecule has 17 heavy (non-hydrogen) atoms. The zero-order chi connectivity index (χ0) is 13.1. The normalized spacial score (nSPS) is 9.76. The standard InChI is InChI=1S/C13H24N2O2/c1-4-6-7-9-14-13(17)8-11-15(10-5-2)12(3)16/h5H,2,4,6-11H2,1,3H3,(H,14,17). The number of nitrogens with one attached hydrogen (secondary N) is 1. The summed E-state index contributed by atoms with van der Waals surface area (Å²) in [7, 11) is 0. The molecule has 2 amide bonds. The molecule has 0 saturated carbocycles. The molecule has 0 rings (SSSR count). The van der Waals surface area contributed by atoms with Crippen molar-refractivity contribution in [3.8, 4) is 0 Å². The first-order valence-corrected chi connectivity index (χ1v) is 6.25. The van der Waals surface area contributed by atoms with Gasteiger partial charge in [0.1, 0.15) is 0 Å². The topological polar surface area (TPSA) is 49.4 Å². The highest BCUT2D eigenvalue weighted by Crippen LogP contribution is 1.95. The number of carbonyl (C=O) groups excluding carboxylic acids is 2. The number of carbonyl (C=O) groups is 2. The average molecular weight is 240 g/mol. The van der Waals surface area contributed by atoms with Gasteiger partial charge in [-0.25, -0.2) is 0 Å². The lowest BCUT2D eigenvalue weighted by molar-refractivity contribution is -0.129. The van der Waals surface area contributed by atoms with E-state index in [1.54, 1.807) is 11.0 Å². The fourth-order valence-corrected chi connectivity index (χ4v) is 1.46. The van der Waals surface area contributed by atoms with Gasteiger partial charge in [0.2, 0.25) is 11.8 Å². The van der Waals surface area contributed by atoms with Crippen molar-refractivity contribution in [1.82, 2.24) is 10.2 Å². The van der Waals surface area contributed by atoms with Crippen molar-refractivity contribution in [2.24, 2.45) is 0 Å². The molecule has 0 aliphatic carbocycles. The number of hydrogen-bond acceptors (Lipinski definition) is 2. The Morgan fingerprint density at radius 1 is 1.35 bits per heavy atom. The molecule has 0 aliphatic heterocycles. The minimum Gasteiger partial charge on any atom is -0.356 e. The van der Waals surface area contributed by atoms with E-state index in [0.717, 1.165) is 25.8 Å². The van der Waals surface area contributed by atoms with E-state index in [9.17, 15) is 9.59 Å². The number of hydrogen-bond donors (Lipinski definition) is 1. The van der Waals surface area contributed by atoms with Gasteiger partial charge in [-0.3, -0.25) is 9.59 Å². The minimum atomic E-state index is -0.0244. The Hall–Kier alpha value is -1.32. The Bertz CT molecular complexity index is 252. The summed E-state index contributed by atoms with van der Waals surface area (Å²) in [5.41, 5.74) is 0. The largest absolute Gasteiger partial charge is 0.356 e. The van der Waals surface area contributed by atoms with E-state index in [1.807, 2.05) is 0 Å². The second kappa shape index (κ2) is 9.87. The minimum absolute atomic E-state index is 0.0106. The van der Waals surface area contributed by atoms with E-state index in [1.165, 1.54) is 6.92 Å². The van der Waals surface area contributed by atoms with E-state index in [2.05, 4.69) is 18.8 Å². The van der Waals surface area contributed by atoms with Crippen molar-refractivity contribution >= 4 is 11.8 Å². The molecule has 0 saturated heterocycles. The molecule has 0 bridgehead atoms. The highest BCUT2D eigenvalue weighted by molar-refractivity contribution is 5.78. The fourth-order valence-electron chi connectivity index (χ4n) is 1.46. The maximum absolute atomic E-state index is 11.5. The zero-order valence-electron chi connectivity index (χ0n) is 11.0. The predicted octanol–water partition coefficient (Wildman–Crippen LogP) is 1.72. The molecule has 4 nitrogen and oxygen atoms in total. The lowest BCUT2D eigenvalue weighted by atomic mass is 10.2. The van der Waals surface area contributed by atoms with E-state index in [-0.39, 0.29) is 11.8 Å². The van der Waals surface area contributed by atoms with Crippen LogP contribution in [0.4, 0.5) is 0 Å². The maximum atomic E-state index is 11.5. The first-order chi connectivity index (χ1) is 8.11. The number of amides is 2. The zero-order valence-corrected chi connectivity index (χ0v) is 11.0. The Balaban J connectivity index is 3.72. The van der Waals surface area contributed by atoms with Crippen LogP contribution >= 0.6 is 0 Å². The number of rotatable bonds is 9. The Kier molecular flexibility index (Phi) is 9.11. The molecular formula is C13H24N2O2. The van der Waals surface area contributed by atoms with E-state index < -0.39 is 0 Å². The van der Waals surface area contributed by atoms with Gasteiger partial charge in [0, 0.05) is 33.0 Å². The van der Waals surface area contributed by atoms with Crippen molar-refractivity contribution in [3.63, 3.8) is 0 Å². The highest BCUT2D eigenvalue weighted by Gasteiger charge is 2.08. The SMILES string of the molecule is C=CCN(CCC(=O)NCCCCC)C(C)=O. The first-order valence-electron chi connectivity index (χ1n) is 6.25. The Morgan fingerprint density at radius 3 is 2.59 bits per heavy atom. The summed E-state index contributed by atoms with van der Waals surface area (Å²) in [6.07, 6.45) is 5.33. The molecule has 0 aromatic carbocycles. The lowest BCUT2D eigenvalue weighted by Gasteiger charge is -2.18. The van der Waals surface area contributed by atoms with Gasteiger partial charge >= 0.3 is 0 Å². The quantitative estimate of drug-likeness (QED) is 0.493. The third kappa shape index (κ3) is 8.48.